The van der Waals surface area contributed by atoms with E-state index in [1.165, 1.54) is 18.2 Å². The largest absolute Gasteiger partial charge is 0.331 e. The molecule has 2 aromatic rings. The smallest absolute Gasteiger partial charge is 0.317 e. The van der Waals surface area contributed by atoms with Crippen molar-refractivity contribution in [2.24, 2.45) is 0 Å². The van der Waals surface area contributed by atoms with Gasteiger partial charge >= 0.3 is 6.03 Å². The fourth-order valence-corrected chi connectivity index (χ4v) is 4.41. The number of fused-ring (bicyclic) bond motifs is 1. The lowest BCUT2D eigenvalue weighted by atomic mass is 9.94. The Labute approximate surface area is 161 Å². The zero-order valence-corrected chi connectivity index (χ0v) is 15.8. The molecule has 0 saturated carbocycles. The van der Waals surface area contributed by atoms with Gasteiger partial charge in [0.2, 0.25) is 0 Å². The Morgan fingerprint density at radius 1 is 1.15 bits per heavy atom. The van der Waals surface area contributed by atoms with E-state index in [0.717, 1.165) is 24.0 Å². The van der Waals surface area contributed by atoms with Gasteiger partial charge in [0.15, 0.2) is 0 Å². The Bertz CT molecular complexity index is 850. The van der Waals surface area contributed by atoms with E-state index in [4.69, 9.17) is 0 Å². The van der Waals surface area contributed by atoms with Crippen molar-refractivity contribution in [3.8, 4) is 11.1 Å². The summed E-state index contributed by atoms with van der Waals surface area (Å²) in [5, 5.41) is 3.06. The number of hydrogen-bond donors (Lipinski definition) is 2. The number of aryl methyl sites for hydroxylation is 1. The third-order valence-corrected chi connectivity index (χ3v) is 5.80. The average molecular weight is 389 g/mol. The number of halogens is 2. The van der Waals surface area contributed by atoms with Crippen LogP contribution in [0.2, 0.25) is 0 Å². The van der Waals surface area contributed by atoms with Crippen LogP contribution in [-0.4, -0.2) is 36.3 Å². The van der Waals surface area contributed by atoms with Crippen molar-refractivity contribution < 1.29 is 13.6 Å². The summed E-state index contributed by atoms with van der Waals surface area (Å²) in [4.78, 5) is 14.3. The maximum atomic E-state index is 14.4. The summed E-state index contributed by atoms with van der Waals surface area (Å²) in [5.41, 5.74) is 2.36. The van der Waals surface area contributed by atoms with Gasteiger partial charge in [-0.15, -0.1) is 0 Å². The van der Waals surface area contributed by atoms with Crippen molar-refractivity contribution in [3.05, 3.63) is 59.2 Å². The molecule has 0 aromatic heterocycles. The van der Waals surface area contributed by atoms with Crippen LogP contribution in [0, 0.1) is 11.6 Å². The van der Waals surface area contributed by atoms with Gasteiger partial charge in [-0.05, 0) is 47.9 Å². The zero-order valence-electron chi connectivity index (χ0n) is 15.0. The molecule has 1 heterocycles. The lowest BCUT2D eigenvalue weighted by molar-refractivity contribution is 0.145. The molecule has 0 radical (unpaired) electrons. The fraction of sp³-hybridized carbons (Fsp3) is 0.350. The standard InChI is InChI=1S/C20H21F2N3OS/c1-27-24-13-10-25(11-13)20(26)23-17-9-8-12-4-2-5-14(18(12)17)19-15(21)6-3-7-16(19)22/h2-7,13,17,24H,8-11H2,1H3,(H,23,26). The monoisotopic (exact) mass is 389 g/mol. The van der Waals surface area contributed by atoms with E-state index < -0.39 is 11.6 Å². The van der Waals surface area contributed by atoms with Crippen LogP contribution in [0.15, 0.2) is 36.4 Å². The highest BCUT2D eigenvalue weighted by molar-refractivity contribution is 7.96. The van der Waals surface area contributed by atoms with Gasteiger partial charge in [-0.25, -0.2) is 13.6 Å². The molecular weight excluding hydrogens is 368 g/mol. The predicted octanol–water partition coefficient (Wildman–Crippen LogP) is 3.88. The summed E-state index contributed by atoms with van der Waals surface area (Å²) in [6.45, 7) is 1.33. The highest BCUT2D eigenvalue weighted by Crippen LogP contribution is 2.40. The first-order chi connectivity index (χ1) is 13.1. The number of nitrogens with zero attached hydrogens (tertiary/aromatic N) is 1. The van der Waals surface area contributed by atoms with Crippen LogP contribution in [-0.2, 0) is 6.42 Å². The van der Waals surface area contributed by atoms with Crippen LogP contribution in [0.25, 0.3) is 11.1 Å². The van der Waals surface area contributed by atoms with Crippen molar-refractivity contribution in [3.63, 3.8) is 0 Å². The molecule has 142 valence electrons. The van der Waals surface area contributed by atoms with Gasteiger partial charge in [0.1, 0.15) is 11.6 Å². The Hall–Kier alpha value is -2.12. The average Bonchev–Trinajstić information content (AvgIpc) is 3.01. The van der Waals surface area contributed by atoms with Crippen LogP contribution in [0.1, 0.15) is 23.6 Å². The van der Waals surface area contributed by atoms with Crippen LogP contribution in [0.5, 0.6) is 0 Å². The molecule has 2 N–H and O–H groups in total. The molecule has 0 bridgehead atoms. The minimum absolute atomic E-state index is 0.0244. The molecule has 2 amide bonds. The first kappa shape index (κ1) is 18.3. The molecule has 1 atom stereocenters. The second kappa shape index (κ2) is 7.48. The number of amides is 2. The molecule has 1 saturated heterocycles. The summed E-state index contributed by atoms with van der Waals surface area (Å²) < 4.78 is 31.9. The molecule has 2 aromatic carbocycles. The summed E-state index contributed by atoms with van der Waals surface area (Å²) in [5.74, 6) is -1.18. The molecule has 0 spiro atoms. The number of benzene rings is 2. The van der Waals surface area contributed by atoms with Gasteiger partial charge in [0.05, 0.1) is 17.6 Å². The van der Waals surface area contributed by atoms with E-state index >= 15 is 0 Å². The first-order valence-electron chi connectivity index (χ1n) is 8.98. The number of carbonyl (C=O) groups excluding carboxylic acids is 1. The molecule has 1 unspecified atom stereocenters. The van der Waals surface area contributed by atoms with Gasteiger partial charge in [-0.3, -0.25) is 4.72 Å². The Balaban J connectivity index is 1.58. The summed E-state index contributed by atoms with van der Waals surface area (Å²) in [6.07, 6.45) is 3.47. The maximum absolute atomic E-state index is 14.4. The molecule has 2 aliphatic rings. The third kappa shape index (κ3) is 3.41. The van der Waals surface area contributed by atoms with E-state index in [1.807, 2.05) is 18.4 Å². The van der Waals surface area contributed by atoms with Crippen LogP contribution >= 0.6 is 11.9 Å². The molecule has 27 heavy (non-hydrogen) atoms. The highest BCUT2D eigenvalue weighted by Gasteiger charge is 2.34. The number of nitrogens with one attached hydrogen (secondary N) is 2. The van der Waals surface area contributed by atoms with Crippen LogP contribution in [0.4, 0.5) is 13.6 Å². The molecule has 4 rings (SSSR count). The lowest BCUT2D eigenvalue weighted by Crippen LogP contribution is -2.60. The number of hydrogen-bond acceptors (Lipinski definition) is 3. The molecule has 1 aliphatic heterocycles. The summed E-state index contributed by atoms with van der Waals surface area (Å²) in [6, 6.07) is 9.34. The normalized spacial score (nSPS) is 18.9. The Kier molecular flexibility index (Phi) is 5.06. The maximum Gasteiger partial charge on any atom is 0.317 e. The topological polar surface area (TPSA) is 44.4 Å². The predicted molar refractivity (Wildman–Crippen MR) is 103 cm³/mol. The second-order valence-electron chi connectivity index (χ2n) is 6.94. The van der Waals surface area contributed by atoms with E-state index in [9.17, 15) is 13.6 Å². The molecule has 1 aliphatic carbocycles. The summed E-state index contributed by atoms with van der Waals surface area (Å²) in [7, 11) is 0. The molecular formula is C20H21F2N3OS. The molecule has 4 nitrogen and oxygen atoms in total. The van der Waals surface area contributed by atoms with E-state index in [0.29, 0.717) is 24.7 Å². The molecule has 1 fully saturated rings. The lowest BCUT2D eigenvalue weighted by Gasteiger charge is -2.39. The summed E-state index contributed by atoms with van der Waals surface area (Å²) >= 11 is 1.55. The number of likely N-dealkylation sites (tertiary alicyclic amines) is 1. The van der Waals surface area contributed by atoms with Crippen molar-refractivity contribution in [1.82, 2.24) is 14.9 Å². The zero-order chi connectivity index (χ0) is 19.0. The van der Waals surface area contributed by atoms with Gasteiger partial charge in [-0.1, -0.05) is 36.2 Å². The van der Waals surface area contributed by atoms with Gasteiger partial charge < -0.3 is 10.2 Å². The minimum atomic E-state index is -0.589. The van der Waals surface area contributed by atoms with Crippen molar-refractivity contribution >= 4 is 18.0 Å². The molecule has 7 heteroatoms. The highest BCUT2D eigenvalue weighted by atomic mass is 32.2. The van der Waals surface area contributed by atoms with Crippen molar-refractivity contribution in [1.29, 1.82) is 0 Å². The first-order valence-corrected chi connectivity index (χ1v) is 10.2. The van der Waals surface area contributed by atoms with Crippen molar-refractivity contribution in [2.45, 2.75) is 24.9 Å². The van der Waals surface area contributed by atoms with Gasteiger partial charge in [0, 0.05) is 13.1 Å². The number of urea groups is 1. The van der Waals surface area contributed by atoms with Crippen molar-refractivity contribution in [2.75, 3.05) is 19.3 Å². The second-order valence-corrected chi connectivity index (χ2v) is 7.58. The fourth-order valence-electron chi connectivity index (χ4n) is 3.93. The number of carbonyl (C=O) groups is 1. The van der Waals surface area contributed by atoms with Gasteiger partial charge in [-0.2, -0.15) is 0 Å². The third-order valence-electron chi connectivity index (χ3n) is 5.23. The SMILES string of the molecule is CSNC1CN(C(=O)NC2CCc3cccc(-c4c(F)cccc4F)c32)C1. The minimum Gasteiger partial charge on any atom is -0.331 e. The quantitative estimate of drug-likeness (QED) is 0.780. The van der Waals surface area contributed by atoms with Crippen LogP contribution < -0.4 is 10.0 Å². The number of rotatable bonds is 4. The Morgan fingerprint density at radius 2 is 1.85 bits per heavy atom. The van der Waals surface area contributed by atoms with E-state index in [1.54, 1.807) is 22.9 Å². The van der Waals surface area contributed by atoms with E-state index in [2.05, 4.69) is 10.0 Å². The van der Waals surface area contributed by atoms with Gasteiger partial charge in [0.25, 0.3) is 0 Å². The van der Waals surface area contributed by atoms with E-state index in [-0.39, 0.29) is 17.6 Å². The van der Waals surface area contributed by atoms with Crippen LogP contribution in [0.3, 0.4) is 0 Å². The Morgan fingerprint density at radius 3 is 2.56 bits per heavy atom.